The van der Waals surface area contributed by atoms with E-state index in [2.05, 4.69) is 67.5 Å². The standard InChI is InChI=1S/C18H22N4S/c1-12-13(2)23-18-16(12)17(20-11-21-18)19-9-14-5-7-15(8-6-14)10-22(3)4/h5-8,11H,9-10H2,1-4H3,(H,19,20,21)/p+1. The molecule has 3 aromatic rings. The molecule has 120 valence electrons. The lowest BCUT2D eigenvalue weighted by Crippen LogP contribution is -3.04. The van der Waals surface area contributed by atoms with Crippen molar-refractivity contribution < 1.29 is 4.90 Å². The van der Waals surface area contributed by atoms with E-state index in [9.17, 15) is 0 Å². The third kappa shape index (κ3) is 3.51. The number of aromatic nitrogens is 2. The van der Waals surface area contributed by atoms with E-state index in [1.807, 2.05) is 0 Å². The second kappa shape index (κ2) is 6.64. The molecule has 23 heavy (non-hydrogen) atoms. The molecule has 0 radical (unpaired) electrons. The molecule has 0 aliphatic carbocycles. The Balaban J connectivity index is 1.76. The Morgan fingerprint density at radius 1 is 1.04 bits per heavy atom. The van der Waals surface area contributed by atoms with Crippen LogP contribution in [0.4, 0.5) is 5.82 Å². The molecule has 0 atom stereocenters. The Morgan fingerprint density at radius 2 is 1.74 bits per heavy atom. The number of anilines is 1. The number of fused-ring (bicyclic) bond motifs is 1. The number of nitrogens with zero attached hydrogens (tertiary/aromatic N) is 2. The average molecular weight is 327 g/mol. The molecule has 0 saturated heterocycles. The van der Waals surface area contributed by atoms with E-state index in [1.54, 1.807) is 17.7 Å². The number of benzene rings is 1. The topological polar surface area (TPSA) is 42.2 Å². The molecule has 3 rings (SSSR count). The van der Waals surface area contributed by atoms with Gasteiger partial charge in [-0.2, -0.15) is 0 Å². The molecule has 0 saturated carbocycles. The molecule has 5 heteroatoms. The second-order valence-electron chi connectivity index (χ2n) is 6.24. The van der Waals surface area contributed by atoms with Crippen LogP contribution in [-0.2, 0) is 13.1 Å². The van der Waals surface area contributed by atoms with Crippen molar-refractivity contribution >= 4 is 27.4 Å². The van der Waals surface area contributed by atoms with E-state index in [0.29, 0.717) is 0 Å². The first-order valence-corrected chi connectivity index (χ1v) is 8.67. The number of aryl methyl sites for hydroxylation is 2. The van der Waals surface area contributed by atoms with Crippen LogP contribution < -0.4 is 10.2 Å². The zero-order chi connectivity index (χ0) is 16.4. The molecule has 4 nitrogen and oxygen atoms in total. The van der Waals surface area contributed by atoms with Gasteiger partial charge in [-0.15, -0.1) is 11.3 Å². The van der Waals surface area contributed by atoms with Gasteiger partial charge in [0.05, 0.1) is 19.5 Å². The fourth-order valence-electron chi connectivity index (χ4n) is 2.69. The van der Waals surface area contributed by atoms with Crippen LogP contribution in [0.25, 0.3) is 10.2 Å². The molecule has 0 spiro atoms. The van der Waals surface area contributed by atoms with Gasteiger partial charge < -0.3 is 10.2 Å². The maximum absolute atomic E-state index is 4.43. The van der Waals surface area contributed by atoms with Crippen LogP contribution in [0.5, 0.6) is 0 Å². The molecule has 2 aromatic heterocycles. The van der Waals surface area contributed by atoms with Gasteiger partial charge in [-0.1, -0.05) is 24.3 Å². The van der Waals surface area contributed by atoms with Crippen molar-refractivity contribution in [3.8, 4) is 0 Å². The van der Waals surface area contributed by atoms with Gasteiger partial charge in [0.1, 0.15) is 23.5 Å². The quantitative estimate of drug-likeness (QED) is 0.757. The van der Waals surface area contributed by atoms with Crippen molar-refractivity contribution in [3.05, 3.63) is 52.2 Å². The van der Waals surface area contributed by atoms with Gasteiger partial charge in [0.15, 0.2) is 0 Å². The molecular formula is C18H23N4S+. The molecule has 0 amide bonds. The van der Waals surface area contributed by atoms with Gasteiger partial charge in [-0.25, -0.2) is 9.97 Å². The summed E-state index contributed by atoms with van der Waals surface area (Å²) in [6, 6.07) is 8.80. The highest BCUT2D eigenvalue weighted by Crippen LogP contribution is 2.32. The maximum Gasteiger partial charge on any atom is 0.138 e. The Morgan fingerprint density at radius 3 is 2.43 bits per heavy atom. The van der Waals surface area contributed by atoms with Crippen LogP contribution in [0.1, 0.15) is 21.6 Å². The monoisotopic (exact) mass is 327 g/mol. The number of rotatable bonds is 5. The molecule has 2 heterocycles. The number of hydrogen-bond acceptors (Lipinski definition) is 4. The fourth-order valence-corrected chi connectivity index (χ4v) is 3.68. The molecule has 0 aliphatic rings. The number of hydrogen-bond donors (Lipinski definition) is 2. The van der Waals surface area contributed by atoms with Gasteiger partial charge in [-0.05, 0) is 25.0 Å². The SMILES string of the molecule is Cc1sc2ncnc(NCc3ccc(C[NH+](C)C)cc3)c2c1C. The highest BCUT2D eigenvalue weighted by atomic mass is 32.1. The minimum atomic E-state index is 0.773. The van der Waals surface area contributed by atoms with Gasteiger partial charge in [0.2, 0.25) is 0 Å². The summed E-state index contributed by atoms with van der Waals surface area (Å²) >= 11 is 1.73. The van der Waals surface area contributed by atoms with E-state index in [1.165, 1.54) is 26.5 Å². The van der Waals surface area contributed by atoms with Crippen LogP contribution in [0.3, 0.4) is 0 Å². The molecule has 0 aliphatic heterocycles. The fraction of sp³-hybridized carbons (Fsp3) is 0.333. The van der Waals surface area contributed by atoms with E-state index in [0.717, 1.165) is 29.1 Å². The van der Waals surface area contributed by atoms with E-state index < -0.39 is 0 Å². The first-order chi connectivity index (χ1) is 11.0. The van der Waals surface area contributed by atoms with E-state index in [-0.39, 0.29) is 0 Å². The lowest BCUT2D eigenvalue weighted by Gasteiger charge is -2.10. The first-order valence-electron chi connectivity index (χ1n) is 7.86. The van der Waals surface area contributed by atoms with Crippen molar-refractivity contribution in [2.75, 3.05) is 19.4 Å². The van der Waals surface area contributed by atoms with Crippen LogP contribution >= 0.6 is 11.3 Å². The summed E-state index contributed by atoms with van der Waals surface area (Å²) in [4.78, 5) is 12.6. The van der Waals surface area contributed by atoms with Gasteiger partial charge in [0, 0.05) is 17.0 Å². The highest BCUT2D eigenvalue weighted by molar-refractivity contribution is 7.18. The van der Waals surface area contributed by atoms with Crippen LogP contribution in [0.15, 0.2) is 30.6 Å². The van der Waals surface area contributed by atoms with Gasteiger partial charge in [-0.3, -0.25) is 0 Å². The zero-order valence-corrected chi connectivity index (χ0v) is 14.9. The van der Waals surface area contributed by atoms with Crippen molar-refractivity contribution in [3.63, 3.8) is 0 Å². The summed E-state index contributed by atoms with van der Waals surface area (Å²) in [5.74, 6) is 0.929. The van der Waals surface area contributed by atoms with Gasteiger partial charge in [0.25, 0.3) is 0 Å². The average Bonchev–Trinajstić information content (AvgIpc) is 2.81. The molecule has 2 N–H and O–H groups in total. The van der Waals surface area contributed by atoms with Crippen molar-refractivity contribution in [2.45, 2.75) is 26.9 Å². The van der Waals surface area contributed by atoms with Crippen molar-refractivity contribution in [2.24, 2.45) is 0 Å². The minimum absolute atomic E-state index is 0.773. The number of thiophene rings is 1. The summed E-state index contributed by atoms with van der Waals surface area (Å²) < 4.78 is 0. The minimum Gasteiger partial charge on any atom is -0.365 e. The highest BCUT2D eigenvalue weighted by Gasteiger charge is 2.11. The third-order valence-electron chi connectivity index (χ3n) is 4.01. The summed E-state index contributed by atoms with van der Waals surface area (Å²) in [6.45, 7) is 6.10. The predicted molar refractivity (Wildman–Crippen MR) is 97.2 cm³/mol. The smallest absolute Gasteiger partial charge is 0.138 e. The van der Waals surface area contributed by atoms with Crippen LogP contribution in [0.2, 0.25) is 0 Å². The van der Waals surface area contributed by atoms with Crippen LogP contribution in [-0.4, -0.2) is 24.1 Å². The zero-order valence-electron chi connectivity index (χ0n) is 14.1. The summed E-state index contributed by atoms with van der Waals surface area (Å²) in [5.41, 5.74) is 3.90. The lowest BCUT2D eigenvalue weighted by atomic mass is 10.1. The molecular weight excluding hydrogens is 304 g/mol. The summed E-state index contributed by atoms with van der Waals surface area (Å²) in [5, 5.41) is 4.62. The molecule has 1 aromatic carbocycles. The molecule has 0 fully saturated rings. The summed E-state index contributed by atoms with van der Waals surface area (Å²) in [6.07, 6.45) is 1.64. The predicted octanol–water partition coefficient (Wildman–Crippen LogP) is 2.56. The molecule has 0 unspecified atom stereocenters. The van der Waals surface area contributed by atoms with E-state index >= 15 is 0 Å². The Labute approximate surface area is 141 Å². The van der Waals surface area contributed by atoms with Gasteiger partial charge >= 0.3 is 0 Å². The Bertz CT molecular complexity index is 806. The van der Waals surface area contributed by atoms with Crippen molar-refractivity contribution in [1.29, 1.82) is 0 Å². The first kappa shape index (κ1) is 15.9. The second-order valence-corrected chi connectivity index (χ2v) is 7.44. The largest absolute Gasteiger partial charge is 0.365 e. The lowest BCUT2D eigenvalue weighted by molar-refractivity contribution is -0.872. The Kier molecular flexibility index (Phi) is 4.59. The van der Waals surface area contributed by atoms with Crippen LogP contribution in [0, 0.1) is 13.8 Å². The number of quaternary nitrogens is 1. The summed E-state index contributed by atoms with van der Waals surface area (Å²) in [7, 11) is 4.34. The van der Waals surface area contributed by atoms with E-state index in [4.69, 9.17) is 0 Å². The normalized spacial score (nSPS) is 11.3. The maximum atomic E-state index is 4.43. The Hall–Kier alpha value is -1.98. The third-order valence-corrected chi connectivity index (χ3v) is 5.12. The number of nitrogens with one attached hydrogen (secondary N) is 2. The molecule has 0 bridgehead atoms. The van der Waals surface area contributed by atoms with Crippen molar-refractivity contribution in [1.82, 2.24) is 9.97 Å².